The maximum absolute atomic E-state index is 11.4. The number of benzene rings is 1. The van der Waals surface area contributed by atoms with Crippen LogP contribution in [-0.4, -0.2) is 11.7 Å². The number of nitrogens with two attached hydrogens (primary N) is 1. The molecule has 74 valence electrons. The Kier molecular flexibility index (Phi) is 3.49. The highest BCUT2D eigenvalue weighted by Gasteiger charge is 2.12. The van der Waals surface area contributed by atoms with Crippen molar-refractivity contribution < 1.29 is 9.59 Å². The molecule has 0 saturated heterocycles. The molecule has 1 aromatic rings. The van der Waals surface area contributed by atoms with Gasteiger partial charge in [-0.15, -0.1) is 0 Å². The topological polar surface area (TPSA) is 60.2 Å². The molecule has 0 saturated carbocycles. The molecule has 1 aromatic carbocycles. The van der Waals surface area contributed by atoms with Gasteiger partial charge in [-0.05, 0) is 18.2 Å². The Morgan fingerprint density at radius 2 is 1.93 bits per heavy atom. The summed E-state index contributed by atoms with van der Waals surface area (Å²) in [6, 6.07) is 4.44. The molecule has 2 N–H and O–H groups in total. The fourth-order valence-electron chi connectivity index (χ4n) is 0.969. The number of carbonyl (C=O) groups excluding carboxylic acids is 2. The molecule has 0 atom stereocenters. The van der Waals surface area contributed by atoms with Gasteiger partial charge in [0.15, 0.2) is 5.78 Å². The molecule has 0 radical (unpaired) electrons. The fraction of sp³-hybridized carbons (Fsp3) is 0.111. The van der Waals surface area contributed by atoms with Gasteiger partial charge in [0.1, 0.15) is 0 Å². The van der Waals surface area contributed by atoms with Gasteiger partial charge < -0.3 is 5.73 Å². The van der Waals surface area contributed by atoms with Crippen molar-refractivity contribution >= 4 is 34.9 Å². The maximum Gasteiger partial charge on any atom is 0.225 e. The summed E-state index contributed by atoms with van der Waals surface area (Å²) in [6.45, 7) is 0. The number of rotatable bonds is 3. The first-order chi connectivity index (χ1) is 6.50. The van der Waals surface area contributed by atoms with Gasteiger partial charge >= 0.3 is 0 Å². The maximum atomic E-state index is 11.4. The predicted octanol–water partition coefficient (Wildman–Crippen LogP) is 2.05. The molecule has 0 heterocycles. The summed E-state index contributed by atoms with van der Waals surface area (Å²) in [7, 11) is 0. The average Bonchev–Trinajstić information content (AvgIpc) is 2.01. The Bertz CT molecular complexity index is 390. The van der Waals surface area contributed by atoms with Gasteiger partial charge in [0.25, 0.3) is 0 Å². The van der Waals surface area contributed by atoms with E-state index in [9.17, 15) is 9.59 Å². The van der Waals surface area contributed by atoms with Crippen molar-refractivity contribution in [1.29, 1.82) is 0 Å². The smallest absolute Gasteiger partial charge is 0.225 e. The SMILES string of the molecule is NC(=O)CC(=O)c1ccc(Cl)cc1Cl. The van der Waals surface area contributed by atoms with E-state index in [2.05, 4.69) is 0 Å². The van der Waals surface area contributed by atoms with Gasteiger partial charge in [-0.25, -0.2) is 0 Å². The van der Waals surface area contributed by atoms with E-state index in [1.807, 2.05) is 0 Å². The van der Waals surface area contributed by atoms with Crippen molar-refractivity contribution in [3.05, 3.63) is 33.8 Å². The van der Waals surface area contributed by atoms with Crippen LogP contribution in [0.15, 0.2) is 18.2 Å². The number of halogens is 2. The molecule has 0 fully saturated rings. The standard InChI is InChI=1S/C9H7Cl2NO2/c10-5-1-2-6(7(11)3-5)8(13)4-9(12)14/h1-3H,4H2,(H2,12,14). The number of Topliss-reactive ketones (excluding diaryl/α,β-unsaturated/α-hetero) is 1. The van der Waals surface area contributed by atoms with Crippen LogP contribution in [0.5, 0.6) is 0 Å². The van der Waals surface area contributed by atoms with Crippen LogP contribution in [0, 0.1) is 0 Å². The normalized spacial score (nSPS) is 9.86. The Labute approximate surface area is 90.8 Å². The quantitative estimate of drug-likeness (QED) is 0.640. The third-order valence-electron chi connectivity index (χ3n) is 1.57. The molecule has 0 bridgehead atoms. The zero-order valence-electron chi connectivity index (χ0n) is 7.09. The van der Waals surface area contributed by atoms with E-state index in [-0.39, 0.29) is 17.0 Å². The molecule has 0 spiro atoms. The molecular weight excluding hydrogens is 225 g/mol. The van der Waals surface area contributed by atoms with Crippen molar-refractivity contribution in [1.82, 2.24) is 0 Å². The second-order valence-corrected chi connectivity index (χ2v) is 3.53. The Balaban J connectivity index is 2.96. The van der Waals surface area contributed by atoms with E-state index < -0.39 is 11.7 Å². The fourth-order valence-corrected chi connectivity index (χ4v) is 1.48. The molecule has 5 heteroatoms. The van der Waals surface area contributed by atoms with Crippen LogP contribution in [0.25, 0.3) is 0 Å². The predicted molar refractivity (Wildman–Crippen MR) is 54.6 cm³/mol. The summed E-state index contributed by atoms with van der Waals surface area (Å²) >= 11 is 11.4. The van der Waals surface area contributed by atoms with E-state index in [1.165, 1.54) is 18.2 Å². The van der Waals surface area contributed by atoms with Crippen molar-refractivity contribution in [2.45, 2.75) is 6.42 Å². The van der Waals surface area contributed by atoms with Gasteiger partial charge in [-0.2, -0.15) is 0 Å². The summed E-state index contributed by atoms with van der Waals surface area (Å²) in [6.07, 6.45) is -0.346. The molecule has 0 aliphatic rings. The van der Waals surface area contributed by atoms with E-state index in [0.717, 1.165) is 0 Å². The summed E-state index contributed by atoms with van der Waals surface area (Å²) < 4.78 is 0. The summed E-state index contributed by atoms with van der Waals surface area (Å²) in [5, 5.41) is 0.661. The minimum Gasteiger partial charge on any atom is -0.369 e. The summed E-state index contributed by atoms with van der Waals surface area (Å²) in [4.78, 5) is 21.9. The zero-order chi connectivity index (χ0) is 10.7. The van der Waals surface area contributed by atoms with Gasteiger partial charge in [-0.3, -0.25) is 9.59 Å². The summed E-state index contributed by atoms with van der Waals surface area (Å²) in [5.74, 6) is -1.08. The molecular formula is C9H7Cl2NO2. The largest absolute Gasteiger partial charge is 0.369 e. The number of carbonyl (C=O) groups is 2. The molecule has 0 aromatic heterocycles. The van der Waals surface area contributed by atoms with Crippen LogP contribution >= 0.6 is 23.2 Å². The van der Waals surface area contributed by atoms with Crippen molar-refractivity contribution in [3.8, 4) is 0 Å². The van der Waals surface area contributed by atoms with Gasteiger partial charge in [0.2, 0.25) is 5.91 Å². The second kappa shape index (κ2) is 4.44. The number of hydrogen-bond acceptors (Lipinski definition) is 2. The number of amides is 1. The first-order valence-corrected chi connectivity index (χ1v) is 4.53. The van der Waals surface area contributed by atoms with Crippen LogP contribution in [0.2, 0.25) is 10.0 Å². The van der Waals surface area contributed by atoms with E-state index >= 15 is 0 Å². The van der Waals surface area contributed by atoms with Gasteiger partial charge in [0, 0.05) is 10.6 Å². The first-order valence-electron chi connectivity index (χ1n) is 3.77. The second-order valence-electron chi connectivity index (χ2n) is 2.69. The molecule has 0 aliphatic carbocycles. The third-order valence-corrected chi connectivity index (χ3v) is 2.11. The Morgan fingerprint density at radius 1 is 1.29 bits per heavy atom. The van der Waals surface area contributed by atoms with Gasteiger partial charge in [0.05, 0.1) is 11.4 Å². The minimum absolute atomic E-state index is 0.226. The molecule has 1 rings (SSSR count). The van der Waals surface area contributed by atoms with E-state index in [4.69, 9.17) is 28.9 Å². The van der Waals surface area contributed by atoms with Crippen LogP contribution in [-0.2, 0) is 4.79 Å². The van der Waals surface area contributed by atoms with Gasteiger partial charge in [-0.1, -0.05) is 23.2 Å². The highest BCUT2D eigenvalue weighted by molar-refractivity contribution is 6.37. The number of hydrogen-bond donors (Lipinski definition) is 1. The number of ketones is 1. The monoisotopic (exact) mass is 231 g/mol. The average molecular weight is 232 g/mol. The first kappa shape index (κ1) is 11.0. The Morgan fingerprint density at radius 3 is 2.43 bits per heavy atom. The lowest BCUT2D eigenvalue weighted by atomic mass is 10.1. The molecule has 1 amide bonds. The molecule has 0 aliphatic heterocycles. The van der Waals surface area contributed by atoms with Crippen molar-refractivity contribution in [2.24, 2.45) is 5.73 Å². The molecule has 3 nitrogen and oxygen atoms in total. The summed E-state index contributed by atoms with van der Waals surface area (Å²) in [5.41, 5.74) is 5.14. The highest BCUT2D eigenvalue weighted by Crippen LogP contribution is 2.21. The lowest BCUT2D eigenvalue weighted by Crippen LogP contribution is -2.16. The number of primary amides is 1. The molecule has 0 unspecified atom stereocenters. The lowest BCUT2D eigenvalue weighted by molar-refractivity contribution is -0.117. The van der Waals surface area contributed by atoms with Crippen molar-refractivity contribution in [3.63, 3.8) is 0 Å². The van der Waals surface area contributed by atoms with E-state index in [1.54, 1.807) is 0 Å². The zero-order valence-corrected chi connectivity index (χ0v) is 8.60. The minimum atomic E-state index is -0.680. The van der Waals surface area contributed by atoms with Crippen LogP contribution < -0.4 is 5.73 Å². The van der Waals surface area contributed by atoms with Crippen molar-refractivity contribution in [2.75, 3.05) is 0 Å². The Hall–Kier alpha value is -1.06. The van der Waals surface area contributed by atoms with Crippen LogP contribution in [0.1, 0.15) is 16.8 Å². The van der Waals surface area contributed by atoms with E-state index in [0.29, 0.717) is 5.02 Å². The highest BCUT2D eigenvalue weighted by atomic mass is 35.5. The third kappa shape index (κ3) is 2.72. The molecule has 14 heavy (non-hydrogen) atoms. The van der Waals surface area contributed by atoms with Crippen LogP contribution in [0.4, 0.5) is 0 Å². The van der Waals surface area contributed by atoms with Crippen LogP contribution in [0.3, 0.4) is 0 Å². The lowest BCUT2D eigenvalue weighted by Gasteiger charge is -2.01.